The molecule has 0 spiro atoms. The van der Waals surface area contributed by atoms with Crippen molar-refractivity contribution >= 4 is 12.4 Å². The van der Waals surface area contributed by atoms with E-state index in [1.54, 1.807) is 0 Å². The van der Waals surface area contributed by atoms with Crippen molar-refractivity contribution in [3.8, 4) is 0 Å². The quantitative estimate of drug-likeness (QED) is 0.801. The number of halogens is 5. The van der Waals surface area contributed by atoms with E-state index in [-0.39, 0.29) is 25.0 Å². The number of aromatic nitrogens is 1. The van der Waals surface area contributed by atoms with Crippen LogP contribution in [0.25, 0.3) is 0 Å². The van der Waals surface area contributed by atoms with Crippen molar-refractivity contribution in [2.24, 2.45) is 0 Å². The van der Waals surface area contributed by atoms with Crippen LogP contribution in [0.5, 0.6) is 0 Å². The first-order valence-electron chi connectivity index (χ1n) is 5.37. The Morgan fingerprint density at radius 1 is 1.22 bits per heavy atom. The van der Waals surface area contributed by atoms with E-state index < -0.39 is 17.9 Å². The summed E-state index contributed by atoms with van der Waals surface area (Å²) in [5, 5.41) is 2.92. The third kappa shape index (κ3) is 3.55. The molecule has 102 valence electrons. The Hall–Kier alpha value is -0.880. The van der Waals surface area contributed by atoms with Gasteiger partial charge in [-0.15, -0.1) is 12.4 Å². The second kappa shape index (κ2) is 5.84. The predicted molar refractivity (Wildman–Crippen MR) is 61.4 cm³/mol. The lowest BCUT2D eigenvalue weighted by molar-refractivity contribution is -0.137. The first-order valence-corrected chi connectivity index (χ1v) is 5.37. The summed E-state index contributed by atoms with van der Waals surface area (Å²) >= 11 is 0. The maximum atomic E-state index is 12.9. The Labute approximate surface area is 108 Å². The van der Waals surface area contributed by atoms with Crippen LogP contribution < -0.4 is 5.32 Å². The first-order chi connectivity index (χ1) is 7.97. The fourth-order valence-corrected chi connectivity index (χ4v) is 1.85. The molecule has 2 heterocycles. The van der Waals surface area contributed by atoms with Gasteiger partial charge >= 0.3 is 6.18 Å². The molecule has 18 heavy (non-hydrogen) atoms. The van der Waals surface area contributed by atoms with Crippen LogP contribution in [0.1, 0.15) is 30.1 Å². The van der Waals surface area contributed by atoms with Crippen LogP contribution in [0.4, 0.5) is 17.6 Å². The zero-order valence-corrected chi connectivity index (χ0v) is 10.2. The van der Waals surface area contributed by atoms with Crippen LogP contribution in [-0.2, 0) is 6.18 Å². The van der Waals surface area contributed by atoms with Crippen LogP contribution in [0.15, 0.2) is 18.3 Å². The Bertz CT molecular complexity index is 372. The number of nitrogens with one attached hydrogen (secondary N) is 1. The van der Waals surface area contributed by atoms with E-state index in [2.05, 4.69) is 10.3 Å². The van der Waals surface area contributed by atoms with E-state index in [0.717, 1.165) is 12.3 Å². The summed E-state index contributed by atoms with van der Waals surface area (Å²) in [5.41, 5.74) is -0.231. The summed E-state index contributed by atoms with van der Waals surface area (Å²) in [6, 6.07) is 2.20. The number of hydrogen-bond donors (Lipinski definition) is 1. The van der Waals surface area contributed by atoms with Gasteiger partial charge < -0.3 is 5.32 Å². The van der Waals surface area contributed by atoms with Gasteiger partial charge in [0.25, 0.3) is 0 Å². The zero-order chi connectivity index (χ0) is 12.5. The van der Waals surface area contributed by atoms with E-state index in [0.29, 0.717) is 18.5 Å². The summed E-state index contributed by atoms with van der Waals surface area (Å²) in [6.45, 7) is 0.230. The molecule has 0 bridgehead atoms. The van der Waals surface area contributed by atoms with Crippen LogP contribution in [0, 0.1) is 0 Å². The van der Waals surface area contributed by atoms with Crippen molar-refractivity contribution in [3.05, 3.63) is 29.6 Å². The average molecular weight is 285 g/mol. The van der Waals surface area contributed by atoms with Crippen molar-refractivity contribution in [2.45, 2.75) is 31.2 Å². The number of alkyl halides is 4. The van der Waals surface area contributed by atoms with Gasteiger partial charge in [0.1, 0.15) is 6.17 Å². The minimum Gasteiger partial charge on any atom is -0.306 e. The summed E-state index contributed by atoms with van der Waals surface area (Å²) in [6.07, 6.45) is -3.45. The van der Waals surface area contributed by atoms with Crippen molar-refractivity contribution in [2.75, 3.05) is 6.54 Å². The van der Waals surface area contributed by atoms with Gasteiger partial charge in [-0.05, 0) is 25.0 Å². The minimum absolute atomic E-state index is 0. The molecule has 1 saturated heterocycles. The molecule has 1 aromatic heterocycles. The third-order valence-corrected chi connectivity index (χ3v) is 2.83. The second-order valence-corrected chi connectivity index (χ2v) is 4.10. The lowest BCUT2D eigenvalue weighted by Crippen LogP contribution is -2.34. The maximum Gasteiger partial charge on any atom is 0.417 e. The molecule has 1 aliphatic rings. The maximum absolute atomic E-state index is 12.9. The van der Waals surface area contributed by atoms with Gasteiger partial charge in [0.15, 0.2) is 0 Å². The van der Waals surface area contributed by atoms with Crippen molar-refractivity contribution in [3.63, 3.8) is 0 Å². The summed E-state index contributed by atoms with van der Waals surface area (Å²) in [4.78, 5) is 3.79. The zero-order valence-electron chi connectivity index (χ0n) is 9.38. The van der Waals surface area contributed by atoms with Gasteiger partial charge in [0.05, 0.1) is 11.3 Å². The predicted octanol–water partition coefficient (Wildman–Crippen LogP) is 3.28. The van der Waals surface area contributed by atoms with Crippen LogP contribution in [0.2, 0.25) is 0 Å². The van der Waals surface area contributed by atoms with Crippen molar-refractivity contribution < 1.29 is 17.6 Å². The molecule has 0 aromatic carbocycles. The Morgan fingerprint density at radius 2 is 1.94 bits per heavy atom. The van der Waals surface area contributed by atoms with Gasteiger partial charge in [0.2, 0.25) is 0 Å². The number of hydrogen-bond acceptors (Lipinski definition) is 2. The van der Waals surface area contributed by atoms with E-state index in [4.69, 9.17) is 0 Å². The van der Waals surface area contributed by atoms with Crippen LogP contribution >= 0.6 is 12.4 Å². The highest BCUT2D eigenvalue weighted by Gasteiger charge is 2.31. The number of nitrogens with zero attached hydrogens (tertiary/aromatic N) is 1. The minimum atomic E-state index is -4.37. The van der Waals surface area contributed by atoms with Gasteiger partial charge in [0, 0.05) is 18.8 Å². The highest BCUT2D eigenvalue weighted by atomic mass is 35.5. The van der Waals surface area contributed by atoms with E-state index in [1.807, 2.05) is 0 Å². The summed E-state index contributed by atoms with van der Waals surface area (Å²) < 4.78 is 49.8. The van der Waals surface area contributed by atoms with Crippen LogP contribution in [-0.4, -0.2) is 17.7 Å². The molecule has 1 N–H and O–H groups in total. The smallest absolute Gasteiger partial charge is 0.306 e. The molecule has 0 radical (unpaired) electrons. The van der Waals surface area contributed by atoms with Crippen molar-refractivity contribution in [1.29, 1.82) is 0 Å². The topological polar surface area (TPSA) is 24.9 Å². The molecular formula is C11H13ClF4N2. The molecule has 2 atom stereocenters. The molecule has 0 aliphatic carbocycles. The molecule has 1 aliphatic heterocycles. The first kappa shape index (κ1) is 15.2. The van der Waals surface area contributed by atoms with Gasteiger partial charge in [-0.25, -0.2) is 4.39 Å². The summed E-state index contributed by atoms with van der Waals surface area (Å²) in [5.74, 6) is 0. The normalized spacial score (nSPS) is 24.4. The van der Waals surface area contributed by atoms with Gasteiger partial charge in [-0.3, -0.25) is 4.98 Å². The molecule has 0 saturated carbocycles. The highest BCUT2D eigenvalue weighted by Crippen LogP contribution is 2.30. The third-order valence-electron chi connectivity index (χ3n) is 2.83. The van der Waals surface area contributed by atoms with Gasteiger partial charge in [-0.1, -0.05) is 0 Å². The highest BCUT2D eigenvalue weighted by molar-refractivity contribution is 5.85. The molecule has 2 nitrogen and oxygen atoms in total. The molecule has 7 heteroatoms. The van der Waals surface area contributed by atoms with Gasteiger partial charge in [-0.2, -0.15) is 13.2 Å². The average Bonchev–Trinajstić information content (AvgIpc) is 2.29. The Balaban J connectivity index is 0.00000162. The molecular weight excluding hydrogens is 272 g/mol. The lowest BCUT2D eigenvalue weighted by Gasteiger charge is -2.25. The Kier molecular flexibility index (Phi) is 4.92. The number of pyridine rings is 1. The lowest BCUT2D eigenvalue weighted by atomic mass is 10.00. The van der Waals surface area contributed by atoms with E-state index >= 15 is 0 Å². The summed E-state index contributed by atoms with van der Waals surface area (Å²) in [7, 11) is 0. The van der Waals surface area contributed by atoms with Crippen molar-refractivity contribution in [1.82, 2.24) is 10.3 Å². The molecule has 1 aromatic rings. The fraction of sp³-hybridized carbons (Fsp3) is 0.545. The number of rotatable bonds is 1. The molecule has 2 rings (SSSR count). The van der Waals surface area contributed by atoms with E-state index in [9.17, 15) is 17.6 Å². The largest absolute Gasteiger partial charge is 0.417 e. The molecule has 0 amide bonds. The molecule has 1 fully saturated rings. The number of piperidine rings is 1. The monoisotopic (exact) mass is 284 g/mol. The van der Waals surface area contributed by atoms with Crippen LogP contribution in [0.3, 0.4) is 0 Å². The fourth-order valence-electron chi connectivity index (χ4n) is 1.85. The standard InChI is InChI=1S/C11H12F4N2.ClH/c12-8-2-4-10(17-6-8)9-3-1-7(5-16-9)11(13,14)15;/h1,3,5,8,10,17H,2,4,6H2;1H/t8-,10?;/m1./s1. The second-order valence-electron chi connectivity index (χ2n) is 4.10. The molecule has 1 unspecified atom stereocenters. The SMILES string of the molecule is Cl.F[C@@H]1CCC(c2ccc(C(F)(F)F)cn2)NC1. The van der Waals surface area contributed by atoms with E-state index in [1.165, 1.54) is 6.07 Å². The Morgan fingerprint density at radius 3 is 2.39 bits per heavy atom.